The molecule has 2 amide bonds. The molecule has 0 radical (unpaired) electrons. The van der Waals surface area contributed by atoms with Gasteiger partial charge >= 0.3 is 6.03 Å². The first-order valence-electron chi connectivity index (χ1n) is 10.0. The Labute approximate surface area is 166 Å². The van der Waals surface area contributed by atoms with E-state index in [-0.39, 0.29) is 11.6 Å². The summed E-state index contributed by atoms with van der Waals surface area (Å²) < 4.78 is 10.6. The number of amides is 2. The lowest BCUT2D eigenvalue weighted by molar-refractivity contribution is -0.0794. The summed E-state index contributed by atoms with van der Waals surface area (Å²) in [7, 11) is 3.24. The molecule has 1 saturated heterocycles. The van der Waals surface area contributed by atoms with E-state index in [9.17, 15) is 4.79 Å². The van der Waals surface area contributed by atoms with E-state index in [1.807, 2.05) is 29.2 Å². The zero-order chi connectivity index (χ0) is 19.6. The van der Waals surface area contributed by atoms with Crippen LogP contribution in [0.2, 0.25) is 0 Å². The van der Waals surface area contributed by atoms with Crippen LogP contribution in [0, 0.1) is 5.92 Å². The van der Waals surface area contributed by atoms with E-state index in [0.717, 1.165) is 18.5 Å². The smallest absolute Gasteiger partial charge is 0.318 e. The molecular weight excluding hydrogens is 352 g/mol. The highest BCUT2D eigenvalue weighted by Gasteiger charge is 2.56. The summed E-state index contributed by atoms with van der Waals surface area (Å²) in [6.07, 6.45) is 4.69. The van der Waals surface area contributed by atoms with Crippen molar-refractivity contribution in [1.29, 1.82) is 0 Å². The molecule has 1 saturated carbocycles. The summed E-state index contributed by atoms with van der Waals surface area (Å²) >= 11 is 0. The van der Waals surface area contributed by atoms with Crippen molar-refractivity contribution in [2.75, 3.05) is 20.8 Å². The molecule has 0 bridgehead atoms. The molecule has 2 unspecified atom stereocenters. The topological polar surface area (TPSA) is 50.8 Å². The zero-order valence-corrected chi connectivity index (χ0v) is 16.6. The van der Waals surface area contributed by atoms with Gasteiger partial charge in [0.1, 0.15) is 0 Å². The van der Waals surface area contributed by atoms with Crippen LogP contribution in [0.15, 0.2) is 48.5 Å². The van der Waals surface area contributed by atoms with Crippen LogP contribution in [0.3, 0.4) is 0 Å². The standard InChI is InChI=1S/C23H28N2O3/c1-27-20-12-11-17(14-21(20)28-2)15-24-22(26)25-16-19-10-6-7-13-23(19,25)18-8-4-3-5-9-18/h3-5,8-9,11-12,14,19H,6-7,10,13,15-16H2,1-2H3,(H,24,26). The number of benzene rings is 2. The van der Waals surface area contributed by atoms with Crippen molar-refractivity contribution in [3.8, 4) is 11.5 Å². The summed E-state index contributed by atoms with van der Waals surface area (Å²) in [6.45, 7) is 1.30. The lowest BCUT2D eigenvalue weighted by Gasteiger charge is -2.61. The van der Waals surface area contributed by atoms with E-state index in [1.165, 1.54) is 24.8 Å². The third-order valence-corrected chi connectivity index (χ3v) is 6.33. The van der Waals surface area contributed by atoms with E-state index in [4.69, 9.17) is 9.47 Å². The summed E-state index contributed by atoms with van der Waals surface area (Å²) in [6, 6.07) is 16.3. The molecule has 1 aliphatic heterocycles. The maximum atomic E-state index is 13.1. The Hall–Kier alpha value is -2.69. The fraction of sp³-hybridized carbons (Fsp3) is 0.435. The fourth-order valence-corrected chi connectivity index (χ4v) is 4.89. The molecule has 2 aromatic rings. The van der Waals surface area contributed by atoms with Gasteiger partial charge in [-0.1, -0.05) is 49.2 Å². The van der Waals surface area contributed by atoms with Crippen LogP contribution in [0.1, 0.15) is 36.8 Å². The van der Waals surface area contributed by atoms with E-state index in [2.05, 4.69) is 29.6 Å². The number of rotatable bonds is 5. The van der Waals surface area contributed by atoms with Gasteiger partial charge in [-0.05, 0) is 36.1 Å². The molecule has 0 spiro atoms. The highest BCUT2D eigenvalue weighted by Crippen LogP contribution is 2.53. The number of nitrogens with zero attached hydrogens (tertiary/aromatic N) is 1. The van der Waals surface area contributed by atoms with Gasteiger partial charge in [0.25, 0.3) is 0 Å². The van der Waals surface area contributed by atoms with Gasteiger partial charge in [-0.3, -0.25) is 0 Å². The van der Waals surface area contributed by atoms with Gasteiger partial charge in [-0.15, -0.1) is 0 Å². The molecule has 148 valence electrons. The van der Waals surface area contributed by atoms with Crippen molar-refractivity contribution in [2.24, 2.45) is 5.92 Å². The quantitative estimate of drug-likeness (QED) is 0.841. The molecule has 5 nitrogen and oxygen atoms in total. The number of likely N-dealkylation sites (tertiary alicyclic amines) is 1. The van der Waals surface area contributed by atoms with Crippen molar-refractivity contribution in [3.05, 3.63) is 59.7 Å². The number of methoxy groups -OCH3 is 2. The van der Waals surface area contributed by atoms with E-state index in [1.54, 1.807) is 14.2 Å². The van der Waals surface area contributed by atoms with E-state index in [0.29, 0.717) is 24.0 Å². The Morgan fingerprint density at radius 2 is 1.89 bits per heavy atom. The third-order valence-electron chi connectivity index (χ3n) is 6.33. The summed E-state index contributed by atoms with van der Waals surface area (Å²) in [5.74, 6) is 1.93. The first-order valence-corrected chi connectivity index (χ1v) is 10.0. The third kappa shape index (κ3) is 3.09. The van der Waals surface area contributed by atoms with Crippen LogP contribution in [0.25, 0.3) is 0 Å². The van der Waals surface area contributed by atoms with Crippen LogP contribution < -0.4 is 14.8 Å². The van der Waals surface area contributed by atoms with Crippen LogP contribution >= 0.6 is 0 Å². The summed E-state index contributed by atoms with van der Waals surface area (Å²) in [5.41, 5.74) is 2.12. The SMILES string of the molecule is COc1ccc(CNC(=O)N2CC3CCCCC32c2ccccc2)cc1OC. The number of ether oxygens (including phenoxy) is 2. The number of hydrogen-bond acceptors (Lipinski definition) is 3. The van der Waals surface area contributed by atoms with Crippen LogP contribution in [0.5, 0.6) is 11.5 Å². The van der Waals surface area contributed by atoms with E-state index >= 15 is 0 Å². The first kappa shape index (κ1) is 18.7. The zero-order valence-electron chi connectivity index (χ0n) is 16.6. The maximum absolute atomic E-state index is 13.1. The monoisotopic (exact) mass is 380 g/mol. The predicted octanol–water partition coefficient (Wildman–Crippen LogP) is 4.31. The molecule has 2 aromatic carbocycles. The molecule has 28 heavy (non-hydrogen) atoms. The maximum Gasteiger partial charge on any atom is 0.318 e. The molecule has 2 aliphatic rings. The molecule has 0 aromatic heterocycles. The average Bonchev–Trinajstić information content (AvgIpc) is 2.73. The van der Waals surface area contributed by atoms with Crippen LogP contribution in [-0.4, -0.2) is 31.7 Å². The predicted molar refractivity (Wildman–Crippen MR) is 109 cm³/mol. The number of carbonyl (C=O) groups is 1. The van der Waals surface area contributed by atoms with Crippen molar-refractivity contribution >= 4 is 6.03 Å². The van der Waals surface area contributed by atoms with Crippen molar-refractivity contribution in [3.63, 3.8) is 0 Å². The number of carbonyl (C=O) groups excluding carboxylic acids is 1. The van der Waals surface area contributed by atoms with E-state index < -0.39 is 0 Å². The lowest BCUT2D eigenvalue weighted by Crippen LogP contribution is -2.69. The van der Waals surface area contributed by atoms with Gasteiger partial charge in [0.15, 0.2) is 11.5 Å². The van der Waals surface area contributed by atoms with Crippen molar-refractivity contribution in [2.45, 2.75) is 37.8 Å². The molecule has 4 rings (SSSR count). The van der Waals surface area contributed by atoms with Crippen LogP contribution in [0.4, 0.5) is 4.79 Å². The Balaban J connectivity index is 1.49. The molecular formula is C23H28N2O3. The Bertz CT molecular complexity index is 839. The van der Waals surface area contributed by atoms with Crippen LogP contribution in [-0.2, 0) is 12.1 Å². The molecule has 2 fully saturated rings. The van der Waals surface area contributed by atoms with Crippen molar-refractivity contribution < 1.29 is 14.3 Å². The second-order valence-electron chi connectivity index (χ2n) is 7.69. The van der Waals surface area contributed by atoms with Gasteiger partial charge in [0.2, 0.25) is 0 Å². The van der Waals surface area contributed by atoms with Crippen molar-refractivity contribution in [1.82, 2.24) is 10.2 Å². The number of nitrogens with one attached hydrogen (secondary N) is 1. The Kier molecular flexibility index (Phi) is 5.16. The first-order chi connectivity index (χ1) is 13.7. The molecule has 1 heterocycles. The molecule has 1 aliphatic carbocycles. The van der Waals surface area contributed by atoms with Gasteiger partial charge < -0.3 is 19.7 Å². The normalized spacial score (nSPS) is 23.4. The summed E-state index contributed by atoms with van der Waals surface area (Å²) in [4.78, 5) is 15.1. The highest BCUT2D eigenvalue weighted by molar-refractivity contribution is 5.77. The minimum absolute atomic E-state index is 0.0109. The van der Waals surface area contributed by atoms with Gasteiger partial charge in [-0.2, -0.15) is 0 Å². The lowest BCUT2D eigenvalue weighted by atomic mass is 9.62. The largest absolute Gasteiger partial charge is 0.493 e. The highest BCUT2D eigenvalue weighted by atomic mass is 16.5. The number of fused-ring (bicyclic) bond motifs is 1. The Morgan fingerprint density at radius 3 is 2.61 bits per heavy atom. The molecule has 2 atom stereocenters. The Morgan fingerprint density at radius 1 is 1.11 bits per heavy atom. The molecule has 1 N–H and O–H groups in total. The van der Waals surface area contributed by atoms with Gasteiger partial charge in [0.05, 0.1) is 19.8 Å². The minimum atomic E-state index is -0.138. The second-order valence-corrected chi connectivity index (χ2v) is 7.69. The molecule has 5 heteroatoms. The minimum Gasteiger partial charge on any atom is -0.493 e. The second kappa shape index (κ2) is 7.74. The fourth-order valence-electron chi connectivity index (χ4n) is 4.89. The van der Waals surface area contributed by atoms with Gasteiger partial charge in [0, 0.05) is 19.0 Å². The number of hydrogen-bond donors (Lipinski definition) is 1. The average molecular weight is 380 g/mol. The summed E-state index contributed by atoms with van der Waals surface area (Å²) in [5, 5.41) is 3.11. The number of urea groups is 1. The van der Waals surface area contributed by atoms with Gasteiger partial charge in [-0.25, -0.2) is 4.79 Å².